The van der Waals surface area contributed by atoms with Gasteiger partial charge in [-0.1, -0.05) is 26.7 Å². The molecule has 0 spiro atoms. The van der Waals surface area contributed by atoms with Gasteiger partial charge in [-0.25, -0.2) is 0 Å². The summed E-state index contributed by atoms with van der Waals surface area (Å²) in [5.74, 6) is 0.803. The molecule has 3 nitrogen and oxygen atoms in total. The summed E-state index contributed by atoms with van der Waals surface area (Å²) in [5, 5.41) is 8.23. The van der Waals surface area contributed by atoms with E-state index in [0.29, 0.717) is 5.41 Å². The van der Waals surface area contributed by atoms with Crippen LogP contribution in [0.2, 0.25) is 0 Å². The molecule has 0 amide bonds. The van der Waals surface area contributed by atoms with Crippen LogP contribution >= 0.6 is 0 Å². The Balaban J connectivity index is 1.93. The summed E-state index contributed by atoms with van der Waals surface area (Å²) in [6.45, 7) is 11.1. The molecule has 0 bridgehead atoms. The van der Waals surface area contributed by atoms with E-state index in [1.165, 1.54) is 55.6 Å². The van der Waals surface area contributed by atoms with Gasteiger partial charge in [0.05, 0.1) is 5.69 Å². The van der Waals surface area contributed by atoms with Crippen LogP contribution < -0.4 is 5.32 Å². The van der Waals surface area contributed by atoms with Gasteiger partial charge in [0, 0.05) is 31.4 Å². The van der Waals surface area contributed by atoms with Crippen molar-refractivity contribution < 1.29 is 0 Å². The lowest BCUT2D eigenvalue weighted by Crippen LogP contribution is -2.33. The summed E-state index contributed by atoms with van der Waals surface area (Å²) in [4.78, 5) is 0. The minimum Gasteiger partial charge on any atom is -0.312 e. The predicted octanol–water partition coefficient (Wildman–Crippen LogP) is 3.73. The first-order valence-electron chi connectivity index (χ1n) is 8.13. The molecule has 0 atom stereocenters. The van der Waals surface area contributed by atoms with E-state index in [4.69, 9.17) is 0 Å². The van der Waals surface area contributed by atoms with Crippen LogP contribution in [0, 0.1) is 25.2 Å². The minimum absolute atomic E-state index is 0.554. The molecule has 2 rings (SSSR count). The SMILES string of the molecule is Cc1nn(C)c(C)c1CNCC1(CC(C)C)CCCC1. The fourth-order valence-corrected chi connectivity index (χ4v) is 3.97. The van der Waals surface area contributed by atoms with E-state index in [0.717, 1.165) is 12.5 Å². The van der Waals surface area contributed by atoms with E-state index >= 15 is 0 Å². The highest BCUT2D eigenvalue weighted by molar-refractivity contribution is 5.24. The molecule has 0 saturated heterocycles. The van der Waals surface area contributed by atoms with Gasteiger partial charge < -0.3 is 5.32 Å². The normalized spacial score (nSPS) is 18.1. The summed E-state index contributed by atoms with van der Waals surface area (Å²) < 4.78 is 1.99. The Hall–Kier alpha value is -0.830. The van der Waals surface area contributed by atoms with Crippen molar-refractivity contribution in [2.45, 2.75) is 66.3 Å². The summed E-state index contributed by atoms with van der Waals surface area (Å²) in [5.41, 5.74) is 4.39. The van der Waals surface area contributed by atoms with Crippen LogP contribution in [0.5, 0.6) is 0 Å². The molecule has 0 unspecified atom stereocenters. The molecule has 1 saturated carbocycles. The third-order valence-electron chi connectivity index (χ3n) is 4.97. The summed E-state index contributed by atoms with van der Waals surface area (Å²) in [6.07, 6.45) is 7.01. The molecule has 1 aliphatic carbocycles. The number of aromatic nitrogens is 2. The maximum Gasteiger partial charge on any atom is 0.0641 e. The van der Waals surface area contributed by atoms with E-state index in [1.807, 2.05) is 11.7 Å². The van der Waals surface area contributed by atoms with Crippen LogP contribution in [0.25, 0.3) is 0 Å². The van der Waals surface area contributed by atoms with Gasteiger partial charge in [-0.2, -0.15) is 5.10 Å². The molecule has 0 aromatic carbocycles. The van der Waals surface area contributed by atoms with E-state index in [-0.39, 0.29) is 0 Å². The lowest BCUT2D eigenvalue weighted by Gasteiger charge is -2.31. The summed E-state index contributed by atoms with van der Waals surface area (Å²) in [6, 6.07) is 0. The molecule has 20 heavy (non-hydrogen) atoms. The maximum absolute atomic E-state index is 4.50. The Bertz CT molecular complexity index is 439. The topological polar surface area (TPSA) is 29.9 Å². The van der Waals surface area contributed by atoms with Crippen molar-refractivity contribution in [2.24, 2.45) is 18.4 Å². The van der Waals surface area contributed by atoms with Crippen molar-refractivity contribution in [1.29, 1.82) is 0 Å². The lowest BCUT2D eigenvalue weighted by molar-refractivity contribution is 0.223. The Labute approximate surface area is 124 Å². The number of aryl methyl sites for hydroxylation is 2. The fourth-order valence-electron chi connectivity index (χ4n) is 3.97. The molecule has 1 aromatic rings. The number of hydrogen-bond donors (Lipinski definition) is 1. The Morgan fingerprint density at radius 1 is 1.25 bits per heavy atom. The smallest absolute Gasteiger partial charge is 0.0641 e. The molecule has 114 valence electrons. The van der Waals surface area contributed by atoms with Crippen LogP contribution in [0.4, 0.5) is 0 Å². The van der Waals surface area contributed by atoms with Crippen molar-refractivity contribution in [2.75, 3.05) is 6.54 Å². The predicted molar refractivity (Wildman–Crippen MR) is 84.7 cm³/mol. The van der Waals surface area contributed by atoms with Crippen molar-refractivity contribution in [3.8, 4) is 0 Å². The zero-order chi connectivity index (χ0) is 14.8. The van der Waals surface area contributed by atoms with Gasteiger partial charge in [0.1, 0.15) is 0 Å². The Morgan fingerprint density at radius 3 is 2.40 bits per heavy atom. The fraction of sp³-hybridized carbons (Fsp3) is 0.824. The van der Waals surface area contributed by atoms with Gasteiger partial charge in [-0.15, -0.1) is 0 Å². The summed E-state index contributed by atoms with van der Waals surface area (Å²) >= 11 is 0. The lowest BCUT2D eigenvalue weighted by atomic mass is 9.78. The van der Waals surface area contributed by atoms with Crippen LogP contribution in [-0.2, 0) is 13.6 Å². The van der Waals surface area contributed by atoms with Crippen LogP contribution in [0.15, 0.2) is 0 Å². The van der Waals surface area contributed by atoms with Gasteiger partial charge >= 0.3 is 0 Å². The maximum atomic E-state index is 4.50. The number of nitrogens with one attached hydrogen (secondary N) is 1. The monoisotopic (exact) mass is 277 g/mol. The van der Waals surface area contributed by atoms with Crippen LogP contribution in [-0.4, -0.2) is 16.3 Å². The summed E-state index contributed by atoms with van der Waals surface area (Å²) in [7, 11) is 2.03. The quantitative estimate of drug-likeness (QED) is 0.858. The molecular formula is C17H31N3. The van der Waals surface area contributed by atoms with Crippen molar-refractivity contribution in [3.63, 3.8) is 0 Å². The number of nitrogens with zero attached hydrogens (tertiary/aromatic N) is 2. The average Bonchev–Trinajstić information content (AvgIpc) is 2.89. The van der Waals surface area contributed by atoms with E-state index < -0.39 is 0 Å². The highest BCUT2D eigenvalue weighted by atomic mass is 15.3. The third kappa shape index (κ3) is 3.43. The number of rotatable bonds is 6. The van der Waals surface area contributed by atoms with Crippen LogP contribution in [0.3, 0.4) is 0 Å². The first kappa shape index (κ1) is 15.6. The van der Waals surface area contributed by atoms with Gasteiger partial charge in [0.15, 0.2) is 0 Å². The van der Waals surface area contributed by atoms with Gasteiger partial charge in [0.2, 0.25) is 0 Å². The first-order chi connectivity index (χ1) is 9.43. The standard InChI is InChI=1S/C17H31N3/c1-13(2)10-17(8-6-7-9-17)12-18-11-16-14(3)19-20(5)15(16)4/h13,18H,6-12H2,1-5H3. The Morgan fingerprint density at radius 2 is 1.90 bits per heavy atom. The average molecular weight is 277 g/mol. The highest BCUT2D eigenvalue weighted by Gasteiger charge is 2.33. The van der Waals surface area contributed by atoms with Crippen molar-refractivity contribution >= 4 is 0 Å². The van der Waals surface area contributed by atoms with Crippen molar-refractivity contribution in [3.05, 3.63) is 17.0 Å². The molecular weight excluding hydrogens is 246 g/mol. The van der Waals surface area contributed by atoms with Crippen LogP contribution in [0.1, 0.15) is 62.9 Å². The second kappa shape index (κ2) is 6.30. The molecule has 0 radical (unpaired) electrons. The first-order valence-corrected chi connectivity index (χ1v) is 8.13. The molecule has 1 N–H and O–H groups in total. The van der Waals surface area contributed by atoms with Gasteiger partial charge in [0.25, 0.3) is 0 Å². The van der Waals surface area contributed by atoms with Gasteiger partial charge in [-0.3, -0.25) is 4.68 Å². The highest BCUT2D eigenvalue weighted by Crippen LogP contribution is 2.42. The molecule has 0 aliphatic heterocycles. The number of hydrogen-bond acceptors (Lipinski definition) is 2. The van der Waals surface area contributed by atoms with E-state index in [9.17, 15) is 0 Å². The second-order valence-electron chi connectivity index (χ2n) is 7.18. The largest absolute Gasteiger partial charge is 0.312 e. The van der Waals surface area contributed by atoms with E-state index in [2.05, 4.69) is 38.1 Å². The molecule has 1 fully saturated rings. The molecule has 3 heteroatoms. The van der Waals surface area contributed by atoms with Crippen molar-refractivity contribution in [1.82, 2.24) is 15.1 Å². The zero-order valence-electron chi connectivity index (χ0n) is 13.9. The zero-order valence-corrected chi connectivity index (χ0v) is 13.9. The third-order valence-corrected chi connectivity index (χ3v) is 4.97. The molecule has 1 aromatic heterocycles. The van der Waals surface area contributed by atoms with E-state index in [1.54, 1.807) is 0 Å². The Kier molecular flexibility index (Phi) is 4.90. The minimum atomic E-state index is 0.554. The van der Waals surface area contributed by atoms with Gasteiger partial charge in [-0.05, 0) is 44.4 Å². The molecule has 1 heterocycles. The second-order valence-corrected chi connectivity index (χ2v) is 7.18. The molecule has 1 aliphatic rings.